The predicted octanol–water partition coefficient (Wildman–Crippen LogP) is 3.66. The Bertz CT molecular complexity index is 998. The van der Waals surface area contributed by atoms with Crippen molar-refractivity contribution >= 4 is 35.0 Å². The first-order chi connectivity index (χ1) is 13.9. The number of allylic oxidation sites excluding steroid dienone is 1. The van der Waals surface area contributed by atoms with Gasteiger partial charge < -0.3 is 14.8 Å². The van der Waals surface area contributed by atoms with Gasteiger partial charge in [0.2, 0.25) is 0 Å². The summed E-state index contributed by atoms with van der Waals surface area (Å²) in [5.41, 5.74) is 3.89. The second-order valence-electron chi connectivity index (χ2n) is 6.62. The van der Waals surface area contributed by atoms with Crippen molar-refractivity contribution < 1.29 is 19.1 Å². The lowest BCUT2D eigenvalue weighted by atomic mass is 9.91. The van der Waals surface area contributed by atoms with E-state index < -0.39 is 18.0 Å². The van der Waals surface area contributed by atoms with Gasteiger partial charge in [-0.2, -0.15) is 0 Å². The lowest BCUT2D eigenvalue weighted by Crippen LogP contribution is -2.48. The minimum Gasteiger partial charge on any atom is -0.466 e. The van der Waals surface area contributed by atoms with Crippen molar-refractivity contribution in [3.8, 4) is 0 Å². The maximum Gasteiger partial charge on any atom is 0.338 e. The molecule has 1 N–H and O–H groups in total. The first kappa shape index (κ1) is 20.5. The molecule has 2 aromatic rings. The summed E-state index contributed by atoms with van der Waals surface area (Å²) in [4.78, 5) is 26.8. The third kappa shape index (κ3) is 3.86. The number of anilines is 1. The van der Waals surface area contributed by atoms with Crippen LogP contribution in [0.2, 0.25) is 0 Å². The van der Waals surface area contributed by atoms with E-state index in [4.69, 9.17) is 21.7 Å². The molecular weight excluding hydrogens is 388 g/mol. The highest BCUT2D eigenvalue weighted by atomic mass is 32.1. The zero-order valence-corrected chi connectivity index (χ0v) is 17.5. The summed E-state index contributed by atoms with van der Waals surface area (Å²) in [6.45, 7) is 3.81. The van der Waals surface area contributed by atoms with Crippen LogP contribution in [0, 0.1) is 6.92 Å². The maximum absolute atomic E-state index is 12.7. The summed E-state index contributed by atoms with van der Waals surface area (Å²) in [7, 11) is 2.65. The molecule has 0 saturated carbocycles. The van der Waals surface area contributed by atoms with Gasteiger partial charge in [0.25, 0.3) is 0 Å². The molecule has 1 aliphatic heterocycles. The van der Waals surface area contributed by atoms with Gasteiger partial charge in [-0.3, -0.25) is 4.90 Å². The minimum absolute atomic E-state index is 0.355. The van der Waals surface area contributed by atoms with Crippen LogP contribution in [-0.2, 0) is 14.3 Å². The number of hydrogen-bond donors (Lipinski definition) is 1. The molecule has 0 aromatic heterocycles. The van der Waals surface area contributed by atoms with Crippen LogP contribution in [0.3, 0.4) is 0 Å². The molecule has 0 bridgehead atoms. The van der Waals surface area contributed by atoms with Crippen LogP contribution in [0.25, 0.3) is 0 Å². The van der Waals surface area contributed by atoms with Gasteiger partial charge in [-0.05, 0) is 49.8 Å². The Balaban J connectivity index is 2.18. The number of rotatable bonds is 4. The molecule has 0 spiro atoms. The van der Waals surface area contributed by atoms with E-state index in [1.54, 1.807) is 29.2 Å². The van der Waals surface area contributed by atoms with Gasteiger partial charge in [-0.15, -0.1) is 0 Å². The molecule has 1 atom stereocenters. The minimum atomic E-state index is -0.646. The summed E-state index contributed by atoms with van der Waals surface area (Å²) in [5.74, 6) is -0.990. The van der Waals surface area contributed by atoms with Gasteiger partial charge in [0.05, 0.1) is 31.4 Å². The molecular formula is C22H22N2O4S. The van der Waals surface area contributed by atoms with Gasteiger partial charge in [0, 0.05) is 11.4 Å². The average molecular weight is 410 g/mol. The van der Waals surface area contributed by atoms with Crippen LogP contribution in [0.1, 0.15) is 34.5 Å². The molecule has 0 saturated heterocycles. The lowest BCUT2D eigenvalue weighted by Gasteiger charge is -2.37. The molecule has 0 fully saturated rings. The van der Waals surface area contributed by atoms with E-state index in [1.165, 1.54) is 14.2 Å². The van der Waals surface area contributed by atoms with Gasteiger partial charge in [-0.1, -0.05) is 35.9 Å². The fraction of sp³-hybridized carbons (Fsp3) is 0.227. The quantitative estimate of drug-likeness (QED) is 0.609. The third-order valence-corrected chi connectivity index (χ3v) is 5.16. The highest BCUT2D eigenvalue weighted by molar-refractivity contribution is 7.80. The monoisotopic (exact) mass is 410 g/mol. The van der Waals surface area contributed by atoms with Crippen molar-refractivity contribution in [3.63, 3.8) is 0 Å². The van der Waals surface area contributed by atoms with Crippen LogP contribution in [-0.4, -0.2) is 31.3 Å². The second kappa shape index (κ2) is 8.45. The molecule has 0 aliphatic carbocycles. The summed E-state index contributed by atoms with van der Waals surface area (Å²) < 4.78 is 9.96. The fourth-order valence-corrected chi connectivity index (χ4v) is 3.76. The number of carbonyl (C=O) groups excluding carboxylic acids is 2. The second-order valence-corrected chi connectivity index (χ2v) is 7.01. The molecule has 1 aliphatic rings. The third-order valence-electron chi connectivity index (χ3n) is 4.86. The number of nitrogens with zero attached hydrogens (tertiary/aromatic N) is 1. The Labute approximate surface area is 175 Å². The summed E-state index contributed by atoms with van der Waals surface area (Å²) in [6, 6.07) is 14.1. The number of carbonyl (C=O) groups is 2. The van der Waals surface area contributed by atoms with Gasteiger partial charge >= 0.3 is 11.9 Å². The van der Waals surface area contributed by atoms with Crippen molar-refractivity contribution in [3.05, 3.63) is 76.5 Å². The lowest BCUT2D eigenvalue weighted by molar-refractivity contribution is -0.136. The number of thiocarbonyl (C=S) groups is 1. The highest BCUT2D eigenvalue weighted by Gasteiger charge is 2.36. The largest absolute Gasteiger partial charge is 0.466 e. The number of nitrogens with one attached hydrogen (secondary N) is 1. The summed E-state index contributed by atoms with van der Waals surface area (Å²) in [5, 5.41) is 3.62. The Morgan fingerprint density at radius 3 is 2.21 bits per heavy atom. The Kier molecular flexibility index (Phi) is 5.98. The Morgan fingerprint density at radius 2 is 1.59 bits per heavy atom. The number of ether oxygens (including phenoxy) is 2. The van der Waals surface area contributed by atoms with Crippen LogP contribution in [0.4, 0.5) is 5.69 Å². The van der Waals surface area contributed by atoms with Gasteiger partial charge in [0.15, 0.2) is 5.11 Å². The normalized spacial score (nSPS) is 16.3. The number of aryl methyl sites for hydroxylation is 1. The van der Waals surface area contributed by atoms with Crippen LogP contribution in [0.5, 0.6) is 0 Å². The average Bonchev–Trinajstić information content (AvgIpc) is 2.73. The summed E-state index contributed by atoms with van der Waals surface area (Å²) >= 11 is 5.62. The van der Waals surface area contributed by atoms with Crippen molar-refractivity contribution in [2.45, 2.75) is 19.9 Å². The Morgan fingerprint density at radius 1 is 0.966 bits per heavy atom. The number of esters is 2. The molecule has 7 heteroatoms. The number of methoxy groups -OCH3 is 2. The number of benzene rings is 2. The molecule has 29 heavy (non-hydrogen) atoms. The first-order valence-corrected chi connectivity index (χ1v) is 9.43. The predicted molar refractivity (Wildman–Crippen MR) is 115 cm³/mol. The smallest absolute Gasteiger partial charge is 0.338 e. The van der Waals surface area contributed by atoms with E-state index >= 15 is 0 Å². The van der Waals surface area contributed by atoms with Gasteiger partial charge in [-0.25, -0.2) is 9.59 Å². The first-order valence-electron chi connectivity index (χ1n) is 9.02. The molecule has 150 valence electrons. The molecule has 1 heterocycles. The zero-order chi connectivity index (χ0) is 21.1. The SMILES string of the molecule is COC(=O)C1=C(C)N(c2ccc(C)cc2)C(=S)NC1c1ccccc1C(=O)OC. The van der Waals surface area contributed by atoms with E-state index in [1.807, 2.05) is 38.1 Å². The van der Waals surface area contributed by atoms with Crippen molar-refractivity contribution in [2.75, 3.05) is 19.1 Å². The molecule has 3 rings (SSSR count). The van der Waals surface area contributed by atoms with Crippen molar-refractivity contribution in [2.24, 2.45) is 0 Å². The van der Waals surface area contributed by atoms with E-state index in [-0.39, 0.29) is 0 Å². The molecule has 2 aromatic carbocycles. The van der Waals surface area contributed by atoms with Crippen LogP contribution >= 0.6 is 12.2 Å². The standard InChI is InChI=1S/C22H22N2O4S/c1-13-9-11-15(12-10-13)24-14(2)18(21(26)28-4)19(23-22(24)29)16-7-5-6-8-17(16)20(25)27-3/h5-12,19H,1-4H3,(H,23,29). The van der Waals surface area contributed by atoms with E-state index in [0.717, 1.165) is 11.3 Å². The molecule has 0 amide bonds. The number of hydrogen-bond acceptors (Lipinski definition) is 5. The fourth-order valence-electron chi connectivity index (χ4n) is 3.40. The van der Waals surface area contributed by atoms with Crippen molar-refractivity contribution in [1.82, 2.24) is 5.32 Å². The van der Waals surface area contributed by atoms with Crippen molar-refractivity contribution in [1.29, 1.82) is 0 Å². The van der Waals surface area contributed by atoms with E-state index in [9.17, 15) is 9.59 Å². The molecule has 0 radical (unpaired) electrons. The van der Waals surface area contributed by atoms with Gasteiger partial charge in [0.1, 0.15) is 0 Å². The summed E-state index contributed by atoms with van der Waals surface area (Å²) in [6.07, 6.45) is 0. The zero-order valence-electron chi connectivity index (χ0n) is 16.7. The molecule has 1 unspecified atom stereocenters. The van der Waals surface area contributed by atoms with E-state index in [2.05, 4.69) is 5.32 Å². The topological polar surface area (TPSA) is 67.9 Å². The highest BCUT2D eigenvalue weighted by Crippen LogP contribution is 2.35. The van der Waals surface area contributed by atoms with Crippen LogP contribution in [0.15, 0.2) is 59.8 Å². The maximum atomic E-state index is 12.7. The Hall–Kier alpha value is -3.19. The van der Waals surface area contributed by atoms with E-state index in [0.29, 0.717) is 27.5 Å². The molecule has 6 nitrogen and oxygen atoms in total. The van der Waals surface area contributed by atoms with Crippen LogP contribution < -0.4 is 10.2 Å².